The zero-order valence-corrected chi connectivity index (χ0v) is 21.9. The van der Waals surface area contributed by atoms with Crippen molar-refractivity contribution in [2.75, 3.05) is 52.4 Å². The maximum Gasteiger partial charge on any atom is 0.446 e. The summed E-state index contributed by atoms with van der Waals surface area (Å²) in [5.41, 5.74) is -0.588. The van der Waals surface area contributed by atoms with Crippen molar-refractivity contribution in [2.24, 2.45) is 0 Å². The molecule has 0 radical (unpaired) electrons. The largest absolute Gasteiger partial charge is 0.480 e. The summed E-state index contributed by atoms with van der Waals surface area (Å²) in [7, 11) is 0. The maximum absolute atomic E-state index is 11.7. The summed E-state index contributed by atoms with van der Waals surface area (Å²) < 4.78 is 36.4. The molecule has 2 aliphatic rings. The van der Waals surface area contributed by atoms with Crippen LogP contribution in [0.1, 0.15) is 34.6 Å². The van der Waals surface area contributed by atoms with Gasteiger partial charge in [-0.05, 0) is 34.6 Å². The van der Waals surface area contributed by atoms with Gasteiger partial charge < -0.3 is 29.4 Å². The molecule has 38 heavy (non-hydrogen) atoms. The number of nitrogens with zero attached hydrogens (tertiary/aromatic N) is 4. The molecule has 16 heteroatoms. The van der Waals surface area contributed by atoms with Crippen LogP contribution in [0.2, 0.25) is 0 Å². The van der Waals surface area contributed by atoms with Gasteiger partial charge in [0, 0.05) is 39.3 Å². The number of ether oxygens (including phenoxy) is 1. The van der Waals surface area contributed by atoms with Gasteiger partial charge in [-0.1, -0.05) is 0 Å². The van der Waals surface area contributed by atoms with E-state index in [4.69, 9.17) is 14.6 Å². The average Bonchev–Trinajstić information content (AvgIpc) is 2.79. The van der Waals surface area contributed by atoms with Crippen molar-refractivity contribution in [3.63, 3.8) is 0 Å². The number of carbonyl (C=O) groups excluding carboxylic acids is 6. The lowest BCUT2D eigenvalue weighted by atomic mass is 10.2. The molecule has 0 atom stereocenters. The monoisotopic (exact) mass is 554 g/mol. The van der Waals surface area contributed by atoms with E-state index in [0.29, 0.717) is 39.3 Å². The lowest BCUT2D eigenvalue weighted by Gasteiger charge is -2.33. The van der Waals surface area contributed by atoms with Crippen LogP contribution in [0.4, 0.5) is 13.2 Å². The maximum atomic E-state index is 11.7. The second-order valence-electron chi connectivity index (χ2n) is 8.86. The molecule has 0 aromatic rings. The molecule has 0 bridgehead atoms. The van der Waals surface area contributed by atoms with Crippen molar-refractivity contribution in [3.8, 4) is 0 Å². The predicted molar refractivity (Wildman–Crippen MR) is 123 cm³/mol. The van der Waals surface area contributed by atoms with Gasteiger partial charge in [0.15, 0.2) is 0 Å². The first kappa shape index (κ1) is 34.3. The van der Waals surface area contributed by atoms with E-state index in [1.807, 2.05) is 6.92 Å². The number of amides is 4. The average molecular weight is 555 g/mol. The van der Waals surface area contributed by atoms with Crippen molar-refractivity contribution < 1.29 is 56.6 Å². The Labute approximate surface area is 217 Å². The molecule has 4 amide bonds. The number of piperazine rings is 2. The standard InChI is InChI=1S/C12H20N2O4.C8H12N2O4.C2HF3O/c1-5-13-6-7-14(11(17)10(13)16)8-9(15)18-12(2,3)4;1-2-9-3-4-10(5-6(11)12)8(14)7(9)13;3-2(4,5)1-6/h5-8H2,1-4H3;2-5H2,1H3,(H,11,12);1H. The highest BCUT2D eigenvalue weighted by molar-refractivity contribution is 6.36. The van der Waals surface area contributed by atoms with Crippen LogP contribution in [0.25, 0.3) is 0 Å². The Balaban J connectivity index is 0.000000607. The Morgan fingerprint density at radius 2 is 1.11 bits per heavy atom. The fraction of sp³-hybridized carbons (Fsp3) is 0.682. The molecule has 2 aliphatic heterocycles. The highest BCUT2D eigenvalue weighted by atomic mass is 19.4. The second-order valence-corrected chi connectivity index (χ2v) is 8.86. The molecular formula is C22H33F3N4O9. The highest BCUT2D eigenvalue weighted by Gasteiger charge is 2.34. The third-order valence-electron chi connectivity index (χ3n) is 4.76. The van der Waals surface area contributed by atoms with Crippen molar-refractivity contribution in [3.05, 3.63) is 0 Å². The van der Waals surface area contributed by atoms with Crippen LogP contribution < -0.4 is 0 Å². The van der Waals surface area contributed by atoms with E-state index in [1.54, 1.807) is 27.7 Å². The Bertz CT molecular complexity index is 903. The number of halogens is 3. The molecule has 0 aromatic carbocycles. The van der Waals surface area contributed by atoms with E-state index in [-0.39, 0.29) is 6.54 Å². The number of likely N-dealkylation sites (N-methyl/N-ethyl adjacent to an activating group) is 2. The fourth-order valence-corrected chi connectivity index (χ4v) is 3.03. The van der Waals surface area contributed by atoms with Crippen LogP contribution in [-0.2, 0) is 38.3 Å². The zero-order valence-electron chi connectivity index (χ0n) is 21.9. The van der Waals surface area contributed by atoms with Crippen LogP contribution in [0.15, 0.2) is 0 Å². The number of hydrogen-bond donors (Lipinski definition) is 1. The summed E-state index contributed by atoms with van der Waals surface area (Å²) in [4.78, 5) is 81.7. The molecule has 0 saturated carbocycles. The van der Waals surface area contributed by atoms with Crippen molar-refractivity contribution in [2.45, 2.75) is 46.4 Å². The number of carboxylic acid groups (broad SMARTS) is 1. The van der Waals surface area contributed by atoms with Gasteiger partial charge in [-0.15, -0.1) is 0 Å². The van der Waals surface area contributed by atoms with Gasteiger partial charge in [-0.25, -0.2) is 0 Å². The number of hydrogen-bond acceptors (Lipinski definition) is 8. The van der Waals surface area contributed by atoms with Gasteiger partial charge in [0.05, 0.1) is 0 Å². The second kappa shape index (κ2) is 14.9. The van der Waals surface area contributed by atoms with Crippen LogP contribution in [0.3, 0.4) is 0 Å². The number of rotatable bonds is 6. The number of alkyl halides is 3. The first-order valence-corrected chi connectivity index (χ1v) is 11.5. The minimum Gasteiger partial charge on any atom is -0.480 e. The van der Waals surface area contributed by atoms with Crippen molar-refractivity contribution in [1.29, 1.82) is 0 Å². The van der Waals surface area contributed by atoms with Gasteiger partial charge in [-0.2, -0.15) is 13.2 Å². The minimum absolute atomic E-state index is 0.167. The summed E-state index contributed by atoms with van der Waals surface area (Å²) in [6, 6.07) is 0. The summed E-state index contributed by atoms with van der Waals surface area (Å²) in [5, 5.41) is 8.47. The Hall–Kier alpha value is -3.72. The molecule has 216 valence electrons. The van der Waals surface area contributed by atoms with Gasteiger partial charge in [0.1, 0.15) is 18.7 Å². The number of aldehydes is 1. The van der Waals surface area contributed by atoms with Crippen molar-refractivity contribution >= 4 is 41.9 Å². The molecule has 0 aromatic heterocycles. The lowest BCUT2D eigenvalue weighted by Crippen LogP contribution is -2.55. The summed E-state index contributed by atoms with van der Waals surface area (Å²) in [5.74, 6) is -4.11. The predicted octanol–water partition coefficient (Wildman–Crippen LogP) is -0.472. The first-order chi connectivity index (χ1) is 17.4. The van der Waals surface area contributed by atoms with E-state index in [2.05, 4.69) is 0 Å². The molecule has 1 N–H and O–H groups in total. The van der Waals surface area contributed by atoms with Gasteiger partial charge in [0.25, 0.3) is 0 Å². The Morgan fingerprint density at radius 1 is 0.789 bits per heavy atom. The molecule has 2 saturated heterocycles. The van der Waals surface area contributed by atoms with E-state index in [0.717, 1.165) is 4.90 Å². The topological polar surface area (TPSA) is 162 Å². The van der Waals surface area contributed by atoms with E-state index < -0.39 is 60.2 Å². The van der Waals surface area contributed by atoms with Crippen LogP contribution in [-0.4, -0.2) is 131 Å². The fourth-order valence-electron chi connectivity index (χ4n) is 3.03. The summed E-state index contributed by atoms with van der Waals surface area (Å²) >= 11 is 0. The van der Waals surface area contributed by atoms with Crippen molar-refractivity contribution in [1.82, 2.24) is 19.6 Å². The molecular weight excluding hydrogens is 521 g/mol. The normalized spacial score (nSPS) is 16.3. The van der Waals surface area contributed by atoms with Crippen LogP contribution >= 0.6 is 0 Å². The number of carboxylic acids is 1. The van der Waals surface area contributed by atoms with Crippen LogP contribution in [0.5, 0.6) is 0 Å². The van der Waals surface area contributed by atoms with Gasteiger partial charge >= 0.3 is 41.7 Å². The Kier molecular flexibility index (Phi) is 13.4. The minimum atomic E-state index is -4.64. The van der Waals surface area contributed by atoms with E-state index >= 15 is 0 Å². The molecule has 0 unspecified atom stereocenters. The molecule has 13 nitrogen and oxygen atoms in total. The third-order valence-corrected chi connectivity index (χ3v) is 4.76. The SMILES string of the molecule is CCN1CCN(CC(=O)O)C(=O)C1=O.CCN1CCN(CC(=O)OC(C)(C)C)C(=O)C1=O.O=CC(F)(F)F. The van der Waals surface area contributed by atoms with Gasteiger partial charge in [0.2, 0.25) is 6.29 Å². The van der Waals surface area contributed by atoms with Crippen LogP contribution in [0, 0.1) is 0 Å². The van der Waals surface area contributed by atoms with E-state index in [9.17, 15) is 41.9 Å². The lowest BCUT2D eigenvalue weighted by molar-refractivity contribution is -0.164. The summed E-state index contributed by atoms with van der Waals surface area (Å²) in [6.07, 6.45) is -5.70. The third kappa shape index (κ3) is 12.5. The first-order valence-electron chi connectivity index (χ1n) is 11.5. The zero-order chi connectivity index (χ0) is 29.8. The number of carbonyl (C=O) groups is 7. The summed E-state index contributed by atoms with van der Waals surface area (Å²) in [6.45, 7) is 10.8. The smallest absolute Gasteiger partial charge is 0.446 e. The quantitative estimate of drug-likeness (QED) is 0.260. The Morgan fingerprint density at radius 3 is 1.39 bits per heavy atom. The molecule has 2 fully saturated rings. The number of aliphatic carboxylic acids is 1. The molecule has 0 spiro atoms. The molecule has 0 aliphatic carbocycles. The van der Waals surface area contributed by atoms with Gasteiger partial charge in [-0.3, -0.25) is 33.6 Å². The van der Waals surface area contributed by atoms with E-state index in [1.165, 1.54) is 14.7 Å². The number of esters is 1. The highest BCUT2D eigenvalue weighted by Crippen LogP contribution is 2.10. The molecule has 2 heterocycles. The molecule has 2 rings (SSSR count).